The Balaban J connectivity index is 1.72. The lowest BCUT2D eigenvalue weighted by Crippen LogP contribution is -2.28. The molecule has 6 heteroatoms. The second-order valence-corrected chi connectivity index (χ2v) is 7.75. The van der Waals surface area contributed by atoms with Gasteiger partial charge in [-0.1, -0.05) is 59.6 Å². The van der Waals surface area contributed by atoms with Crippen LogP contribution in [0, 0.1) is 6.92 Å². The number of benzene rings is 3. The van der Waals surface area contributed by atoms with Crippen LogP contribution in [0.4, 0.5) is 0 Å². The molecule has 0 saturated heterocycles. The Morgan fingerprint density at radius 3 is 2.45 bits per heavy atom. The molecule has 2 N–H and O–H groups in total. The summed E-state index contributed by atoms with van der Waals surface area (Å²) in [6.45, 7) is 4.18. The van der Waals surface area contributed by atoms with Gasteiger partial charge >= 0.3 is 5.97 Å². The van der Waals surface area contributed by atoms with Gasteiger partial charge in [0.15, 0.2) is 0 Å². The molecule has 3 aromatic rings. The smallest absolute Gasteiger partial charge is 0.336 e. The monoisotopic (exact) mass is 437 g/mol. The van der Waals surface area contributed by atoms with Crippen molar-refractivity contribution in [2.24, 2.45) is 0 Å². The topological polar surface area (TPSA) is 75.6 Å². The molecule has 0 aliphatic heterocycles. The standard InChI is InChI=1S/C25H24ClNO4/c1-16-7-9-18(10-8-16)13-14-31-23-12-11-19(26)15-22(23)24(28)27-17(2)20-5-3-4-6-21(20)25(29)30/h3-12,15,17H,13-14H2,1-2H3,(H,27,28)(H,29,30)/t17-/m0/s1. The molecule has 1 amide bonds. The molecule has 0 aliphatic carbocycles. The highest BCUT2D eigenvalue weighted by molar-refractivity contribution is 6.31. The summed E-state index contributed by atoms with van der Waals surface area (Å²) >= 11 is 6.11. The zero-order valence-electron chi connectivity index (χ0n) is 17.4. The Labute approximate surface area is 186 Å². The molecule has 0 spiro atoms. The highest BCUT2D eigenvalue weighted by Gasteiger charge is 2.20. The van der Waals surface area contributed by atoms with Crippen LogP contribution < -0.4 is 10.1 Å². The number of carboxylic acid groups (broad SMARTS) is 1. The lowest BCUT2D eigenvalue weighted by molar-refractivity contribution is 0.0693. The van der Waals surface area contributed by atoms with Crippen LogP contribution in [0.15, 0.2) is 66.7 Å². The summed E-state index contributed by atoms with van der Waals surface area (Å²) in [5, 5.41) is 12.7. The summed E-state index contributed by atoms with van der Waals surface area (Å²) in [5.74, 6) is -1.01. The largest absolute Gasteiger partial charge is 0.492 e. The number of aromatic carboxylic acids is 1. The fourth-order valence-corrected chi connectivity index (χ4v) is 3.43. The maximum Gasteiger partial charge on any atom is 0.336 e. The molecule has 0 heterocycles. The van der Waals surface area contributed by atoms with E-state index in [0.29, 0.717) is 34.9 Å². The molecule has 0 fully saturated rings. The average Bonchev–Trinajstić information content (AvgIpc) is 2.76. The van der Waals surface area contributed by atoms with E-state index in [4.69, 9.17) is 16.3 Å². The number of halogens is 1. The second kappa shape index (κ2) is 10.1. The van der Waals surface area contributed by atoms with Crippen LogP contribution in [0.2, 0.25) is 5.02 Å². The number of carboxylic acids is 1. The number of rotatable bonds is 8. The molecule has 160 valence electrons. The number of carbonyl (C=O) groups excluding carboxylic acids is 1. The van der Waals surface area contributed by atoms with Crippen LogP contribution in [0.3, 0.4) is 0 Å². The molecule has 0 saturated carbocycles. The number of amides is 1. The van der Waals surface area contributed by atoms with Crippen LogP contribution in [-0.2, 0) is 6.42 Å². The Kier molecular flexibility index (Phi) is 7.32. The molecular formula is C25H24ClNO4. The third kappa shape index (κ3) is 5.86. The Morgan fingerprint density at radius 2 is 1.74 bits per heavy atom. The summed E-state index contributed by atoms with van der Waals surface area (Å²) in [5.41, 5.74) is 3.31. The van der Waals surface area contributed by atoms with Crippen LogP contribution >= 0.6 is 11.6 Å². The first kappa shape index (κ1) is 22.4. The molecule has 31 heavy (non-hydrogen) atoms. The van der Waals surface area contributed by atoms with E-state index in [-0.39, 0.29) is 11.5 Å². The molecule has 0 aromatic heterocycles. The van der Waals surface area contributed by atoms with E-state index < -0.39 is 12.0 Å². The minimum atomic E-state index is -1.04. The van der Waals surface area contributed by atoms with Gasteiger partial charge < -0.3 is 15.2 Å². The third-order valence-corrected chi connectivity index (χ3v) is 5.20. The van der Waals surface area contributed by atoms with Gasteiger partial charge in [0, 0.05) is 11.4 Å². The first-order valence-corrected chi connectivity index (χ1v) is 10.3. The minimum absolute atomic E-state index is 0.149. The zero-order valence-corrected chi connectivity index (χ0v) is 18.1. The number of ether oxygens (including phenoxy) is 1. The highest BCUT2D eigenvalue weighted by atomic mass is 35.5. The summed E-state index contributed by atoms with van der Waals surface area (Å²) in [7, 11) is 0. The lowest BCUT2D eigenvalue weighted by atomic mass is 10.0. The molecule has 0 radical (unpaired) electrons. The van der Waals surface area contributed by atoms with E-state index in [0.717, 1.165) is 5.56 Å². The third-order valence-electron chi connectivity index (χ3n) is 4.96. The van der Waals surface area contributed by atoms with Crippen molar-refractivity contribution in [1.82, 2.24) is 5.32 Å². The van der Waals surface area contributed by atoms with E-state index in [1.165, 1.54) is 11.6 Å². The second-order valence-electron chi connectivity index (χ2n) is 7.31. The van der Waals surface area contributed by atoms with Gasteiger partial charge in [0.25, 0.3) is 5.91 Å². The SMILES string of the molecule is Cc1ccc(CCOc2ccc(Cl)cc2C(=O)N[C@@H](C)c2ccccc2C(=O)O)cc1. The van der Waals surface area contributed by atoms with Gasteiger partial charge in [-0.2, -0.15) is 0 Å². The number of carbonyl (C=O) groups is 2. The minimum Gasteiger partial charge on any atom is -0.492 e. The van der Waals surface area contributed by atoms with Crippen molar-refractivity contribution >= 4 is 23.5 Å². The fraction of sp³-hybridized carbons (Fsp3) is 0.200. The summed E-state index contributed by atoms with van der Waals surface area (Å²) < 4.78 is 5.88. The van der Waals surface area contributed by atoms with E-state index in [1.807, 2.05) is 19.1 Å². The normalized spacial score (nSPS) is 11.6. The highest BCUT2D eigenvalue weighted by Crippen LogP contribution is 2.25. The molecule has 3 aromatic carbocycles. The van der Waals surface area contributed by atoms with Crippen LogP contribution in [0.25, 0.3) is 0 Å². The van der Waals surface area contributed by atoms with Crippen molar-refractivity contribution in [3.8, 4) is 5.75 Å². The van der Waals surface area contributed by atoms with E-state index >= 15 is 0 Å². The quantitative estimate of drug-likeness (QED) is 0.490. The van der Waals surface area contributed by atoms with Gasteiger partial charge in [-0.3, -0.25) is 4.79 Å². The Morgan fingerprint density at radius 1 is 1.03 bits per heavy atom. The molecular weight excluding hydrogens is 414 g/mol. The molecule has 0 bridgehead atoms. The van der Waals surface area contributed by atoms with Crippen LogP contribution in [0.1, 0.15) is 50.4 Å². The number of aryl methyl sites for hydroxylation is 1. The predicted molar refractivity (Wildman–Crippen MR) is 121 cm³/mol. The maximum absolute atomic E-state index is 13.0. The molecule has 1 atom stereocenters. The average molecular weight is 438 g/mol. The van der Waals surface area contributed by atoms with E-state index in [2.05, 4.69) is 17.4 Å². The lowest BCUT2D eigenvalue weighted by Gasteiger charge is -2.18. The Hall–Kier alpha value is -3.31. The van der Waals surface area contributed by atoms with Gasteiger partial charge in [-0.05, 0) is 49.2 Å². The van der Waals surface area contributed by atoms with Crippen molar-refractivity contribution in [3.05, 3.63) is 99.6 Å². The molecule has 5 nitrogen and oxygen atoms in total. The fourth-order valence-electron chi connectivity index (χ4n) is 3.26. The number of hydrogen-bond donors (Lipinski definition) is 2. The van der Waals surface area contributed by atoms with Crippen molar-refractivity contribution in [3.63, 3.8) is 0 Å². The summed E-state index contributed by atoms with van der Waals surface area (Å²) in [4.78, 5) is 24.4. The van der Waals surface area contributed by atoms with E-state index in [1.54, 1.807) is 43.3 Å². The van der Waals surface area contributed by atoms with Gasteiger partial charge in [-0.15, -0.1) is 0 Å². The molecule has 0 aliphatic rings. The zero-order chi connectivity index (χ0) is 22.4. The number of hydrogen-bond acceptors (Lipinski definition) is 3. The maximum atomic E-state index is 13.0. The van der Waals surface area contributed by atoms with Gasteiger partial charge in [0.05, 0.1) is 23.8 Å². The first-order valence-electron chi connectivity index (χ1n) is 9.96. The summed E-state index contributed by atoms with van der Waals surface area (Å²) in [6, 6.07) is 19.2. The molecule has 3 rings (SSSR count). The van der Waals surface area contributed by atoms with Crippen molar-refractivity contribution in [2.75, 3.05) is 6.61 Å². The van der Waals surface area contributed by atoms with Gasteiger partial charge in [-0.25, -0.2) is 4.79 Å². The van der Waals surface area contributed by atoms with Crippen molar-refractivity contribution in [1.29, 1.82) is 0 Å². The van der Waals surface area contributed by atoms with Gasteiger partial charge in [0.1, 0.15) is 5.75 Å². The van der Waals surface area contributed by atoms with Crippen molar-refractivity contribution in [2.45, 2.75) is 26.3 Å². The van der Waals surface area contributed by atoms with Crippen LogP contribution in [-0.4, -0.2) is 23.6 Å². The van der Waals surface area contributed by atoms with E-state index in [9.17, 15) is 14.7 Å². The predicted octanol–water partition coefficient (Wildman–Crippen LogP) is 5.46. The number of nitrogens with one attached hydrogen (secondary N) is 1. The Bertz CT molecular complexity index is 1080. The molecule has 0 unspecified atom stereocenters. The first-order chi connectivity index (χ1) is 14.8. The van der Waals surface area contributed by atoms with Crippen molar-refractivity contribution < 1.29 is 19.4 Å². The van der Waals surface area contributed by atoms with Crippen LogP contribution in [0.5, 0.6) is 5.75 Å². The summed E-state index contributed by atoms with van der Waals surface area (Å²) in [6.07, 6.45) is 0.701. The van der Waals surface area contributed by atoms with Gasteiger partial charge in [0.2, 0.25) is 0 Å².